The quantitative estimate of drug-likeness (QED) is 0.884. The topological polar surface area (TPSA) is 41.3 Å². The van der Waals surface area contributed by atoms with Gasteiger partial charge < -0.3 is 11.1 Å². The van der Waals surface area contributed by atoms with Crippen molar-refractivity contribution in [3.63, 3.8) is 0 Å². The number of piperazine rings is 1. The van der Waals surface area contributed by atoms with Crippen LogP contribution < -0.4 is 11.1 Å². The van der Waals surface area contributed by atoms with E-state index in [1.54, 1.807) is 11.3 Å². The molecule has 2 heterocycles. The average Bonchev–Trinajstić information content (AvgIpc) is 2.66. The van der Waals surface area contributed by atoms with Crippen molar-refractivity contribution in [3.05, 3.63) is 20.8 Å². The molecule has 2 rings (SSSR count). The summed E-state index contributed by atoms with van der Waals surface area (Å²) in [6.07, 6.45) is 0. The molecule has 1 aliphatic heterocycles. The van der Waals surface area contributed by atoms with Gasteiger partial charge in [-0.15, -0.1) is 11.3 Å². The van der Waals surface area contributed by atoms with Crippen LogP contribution in [0.15, 0.2) is 15.9 Å². The zero-order valence-corrected chi connectivity index (χ0v) is 11.0. The molecular weight excluding hydrogens is 274 g/mol. The molecule has 3 N–H and O–H groups in total. The summed E-state index contributed by atoms with van der Waals surface area (Å²) in [4.78, 5) is 3.69. The molecular formula is C10H16BrN3S. The zero-order valence-electron chi connectivity index (χ0n) is 8.58. The van der Waals surface area contributed by atoms with Gasteiger partial charge in [-0.2, -0.15) is 0 Å². The first-order valence-corrected chi connectivity index (χ1v) is 6.80. The zero-order chi connectivity index (χ0) is 10.7. The van der Waals surface area contributed by atoms with Gasteiger partial charge in [0.15, 0.2) is 0 Å². The van der Waals surface area contributed by atoms with Crippen LogP contribution in [0.2, 0.25) is 0 Å². The molecule has 0 aromatic carbocycles. The molecule has 0 radical (unpaired) electrons. The third-order valence-corrected chi connectivity index (χ3v) is 4.38. The molecule has 1 aromatic heterocycles. The minimum absolute atomic E-state index is 0.152. The highest BCUT2D eigenvalue weighted by molar-refractivity contribution is 9.11. The molecule has 0 saturated carbocycles. The fourth-order valence-electron chi connectivity index (χ4n) is 1.79. The Bertz CT molecular complexity index is 309. The Balaban J connectivity index is 1.88. The van der Waals surface area contributed by atoms with Crippen LogP contribution in [-0.2, 0) is 0 Å². The first-order chi connectivity index (χ1) is 7.25. The minimum atomic E-state index is 0.152. The standard InChI is InChI=1S/C10H16BrN3S/c11-10-2-1-9(15-10)8(12)7-14-5-3-13-4-6-14/h1-2,8,13H,3-7,12H2. The molecule has 3 nitrogen and oxygen atoms in total. The molecule has 1 atom stereocenters. The number of nitrogens with one attached hydrogen (secondary N) is 1. The van der Waals surface area contributed by atoms with Gasteiger partial charge in [0.05, 0.1) is 9.83 Å². The van der Waals surface area contributed by atoms with Crippen LogP contribution in [0, 0.1) is 0 Å². The van der Waals surface area contributed by atoms with Gasteiger partial charge in [-0.05, 0) is 28.1 Å². The van der Waals surface area contributed by atoms with Crippen molar-refractivity contribution in [1.29, 1.82) is 0 Å². The normalized spacial score (nSPS) is 20.4. The van der Waals surface area contributed by atoms with Crippen molar-refractivity contribution in [2.45, 2.75) is 6.04 Å². The number of hydrogen-bond acceptors (Lipinski definition) is 4. The van der Waals surface area contributed by atoms with Crippen LogP contribution in [-0.4, -0.2) is 37.6 Å². The SMILES string of the molecule is NC(CN1CCNCC1)c1ccc(Br)s1. The molecule has 1 fully saturated rings. The van der Waals surface area contributed by atoms with Crippen LogP contribution >= 0.6 is 27.3 Å². The van der Waals surface area contributed by atoms with E-state index in [-0.39, 0.29) is 6.04 Å². The Hall–Kier alpha value is 0.0600. The fourth-order valence-corrected chi connectivity index (χ4v) is 3.21. The van der Waals surface area contributed by atoms with Gasteiger partial charge in [0.1, 0.15) is 0 Å². The van der Waals surface area contributed by atoms with E-state index in [1.807, 2.05) is 0 Å². The van der Waals surface area contributed by atoms with Gasteiger partial charge in [-0.1, -0.05) is 0 Å². The van der Waals surface area contributed by atoms with Crippen LogP contribution in [0.1, 0.15) is 10.9 Å². The fraction of sp³-hybridized carbons (Fsp3) is 0.600. The van der Waals surface area contributed by atoms with Crippen molar-refractivity contribution < 1.29 is 0 Å². The third-order valence-electron chi connectivity index (χ3n) is 2.62. The van der Waals surface area contributed by atoms with E-state index >= 15 is 0 Å². The highest BCUT2D eigenvalue weighted by atomic mass is 79.9. The third kappa shape index (κ3) is 3.26. The smallest absolute Gasteiger partial charge is 0.0701 e. The summed E-state index contributed by atoms with van der Waals surface area (Å²) < 4.78 is 1.16. The van der Waals surface area contributed by atoms with Gasteiger partial charge in [0.25, 0.3) is 0 Å². The Morgan fingerprint density at radius 2 is 2.20 bits per heavy atom. The van der Waals surface area contributed by atoms with Gasteiger partial charge in [-0.3, -0.25) is 4.90 Å². The lowest BCUT2D eigenvalue weighted by Crippen LogP contribution is -2.45. The largest absolute Gasteiger partial charge is 0.322 e. The molecule has 0 aliphatic carbocycles. The average molecular weight is 290 g/mol. The lowest BCUT2D eigenvalue weighted by molar-refractivity contribution is 0.229. The number of thiophene rings is 1. The maximum absolute atomic E-state index is 6.17. The lowest BCUT2D eigenvalue weighted by Gasteiger charge is -2.29. The molecule has 1 aliphatic rings. The highest BCUT2D eigenvalue weighted by Gasteiger charge is 2.15. The highest BCUT2D eigenvalue weighted by Crippen LogP contribution is 2.26. The predicted octanol–water partition coefficient (Wildman–Crippen LogP) is 1.42. The number of halogens is 1. The lowest BCUT2D eigenvalue weighted by atomic mass is 10.2. The summed E-state index contributed by atoms with van der Waals surface area (Å²) in [6.45, 7) is 5.36. The molecule has 15 heavy (non-hydrogen) atoms. The molecule has 0 bridgehead atoms. The van der Waals surface area contributed by atoms with Crippen LogP contribution in [0.25, 0.3) is 0 Å². The van der Waals surface area contributed by atoms with Crippen LogP contribution in [0.5, 0.6) is 0 Å². The monoisotopic (exact) mass is 289 g/mol. The Kier molecular flexibility index (Phi) is 4.16. The summed E-state index contributed by atoms with van der Waals surface area (Å²) >= 11 is 5.20. The maximum Gasteiger partial charge on any atom is 0.0701 e. The summed E-state index contributed by atoms with van der Waals surface area (Å²) in [6, 6.07) is 4.33. The number of nitrogens with zero attached hydrogens (tertiary/aromatic N) is 1. The Labute approximate surface area is 103 Å². The maximum atomic E-state index is 6.17. The molecule has 84 valence electrons. The van der Waals surface area contributed by atoms with Gasteiger partial charge in [0.2, 0.25) is 0 Å². The molecule has 5 heteroatoms. The molecule has 1 aromatic rings. The van der Waals surface area contributed by atoms with E-state index in [2.05, 4.69) is 38.3 Å². The number of rotatable bonds is 3. The van der Waals surface area contributed by atoms with Crippen molar-refractivity contribution in [1.82, 2.24) is 10.2 Å². The van der Waals surface area contributed by atoms with Crippen molar-refractivity contribution in [3.8, 4) is 0 Å². The van der Waals surface area contributed by atoms with Crippen molar-refractivity contribution in [2.24, 2.45) is 5.73 Å². The molecule has 1 unspecified atom stereocenters. The van der Waals surface area contributed by atoms with Crippen LogP contribution in [0.3, 0.4) is 0 Å². The Morgan fingerprint density at radius 1 is 1.47 bits per heavy atom. The molecule has 0 spiro atoms. The first-order valence-electron chi connectivity index (χ1n) is 5.19. The molecule has 1 saturated heterocycles. The van der Waals surface area contributed by atoms with E-state index in [0.29, 0.717) is 0 Å². The van der Waals surface area contributed by atoms with E-state index in [9.17, 15) is 0 Å². The molecule has 0 amide bonds. The number of nitrogens with two attached hydrogens (primary N) is 1. The van der Waals surface area contributed by atoms with Crippen molar-refractivity contribution >= 4 is 27.3 Å². The van der Waals surface area contributed by atoms with Gasteiger partial charge in [-0.25, -0.2) is 0 Å². The predicted molar refractivity (Wildman–Crippen MR) is 68.3 cm³/mol. The van der Waals surface area contributed by atoms with Gasteiger partial charge >= 0.3 is 0 Å². The minimum Gasteiger partial charge on any atom is -0.322 e. The second-order valence-electron chi connectivity index (χ2n) is 3.80. The summed E-state index contributed by atoms with van der Waals surface area (Å²) in [7, 11) is 0. The van der Waals surface area contributed by atoms with E-state index < -0.39 is 0 Å². The number of hydrogen-bond donors (Lipinski definition) is 2. The van der Waals surface area contributed by atoms with Crippen molar-refractivity contribution in [2.75, 3.05) is 32.7 Å². The second-order valence-corrected chi connectivity index (χ2v) is 6.29. The van der Waals surface area contributed by atoms with E-state index in [4.69, 9.17) is 5.73 Å². The second kappa shape index (κ2) is 5.41. The van der Waals surface area contributed by atoms with Gasteiger partial charge in [0, 0.05) is 37.6 Å². The Morgan fingerprint density at radius 3 is 2.80 bits per heavy atom. The summed E-state index contributed by atoms with van der Waals surface area (Å²) in [5, 5.41) is 3.34. The van der Waals surface area contributed by atoms with Crippen LogP contribution in [0.4, 0.5) is 0 Å². The van der Waals surface area contributed by atoms with E-state index in [1.165, 1.54) is 4.88 Å². The summed E-state index contributed by atoms with van der Waals surface area (Å²) in [5.41, 5.74) is 6.17. The first kappa shape index (κ1) is 11.5. The summed E-state index contributed by atoms with van der Waals surface area (Å²) in [5.74, 6) is 0. The van der Waals surface area contributed by atoms with E-state index in [0.717, 1.165) is 36.5 Å².